The minimum Gasteiger partial charge on any atom is -0.409 e. The number of carbonyl (C=O) groups is 2. The average molecular weight is 338 g/mol. The van der Waals surface area contributed by atoms with Gasteiger partial charge in [0.05, 0.1) is 4.90 Å². The Hall–Kier alpha value is -1.69. The van der Waals surface area contributed by atoms with E-state index in [0.717, 1.165) is 22.9 Å². The number of carbonyl (C=O) groups excluding carboxylic acids is 2. The van der Waals surface area contributed by atoms with Crippen molar-refractivity contribution in [3.05, 3.63) is 23.3 Å². The van der Waals surface area contributed by atoms with Crippen LogP contribution in [-0.2, 0) is 5.41 Å². The highest BCUT2D eigenvalue weighted by atomic mass is 32.2. The van der Waals surface area contributed by atoms with Crippen molar-refractivity contribution in [1.29, 1.82) is 0 Å². The minimum atomic E-state index is -0.462. The van der Waals surface area contributed by atoms with E-state index in [4.69, 9.17) is 4.74 Å². The van der Waals surface area contributed by atoms with Crippen molar-refractivity contribution in [3.8, 4) is 5.75 Å². The van der Waals surface area contributed by atoms with Gasteiger partial charge in [0.25, 0.3) is 5.24 Å². The first-order valence-corrected chi connectivity index (χ1v) is 8.18. The fourth-order valence-corrected chi connectivity index (χ4v) is 2.60. The monoisotopic (exact) mass is 338 g/mol. The maximum Gasteiger partial charge on any atom is 0.414 e. The molecule has 2 amide bonds. The van der Waals surface area contributed by atoms with E-state index in [-0.39, 0.29) is 10.7 Å². The average Bonchev–Trinajstić information content (AvgIpc) is 2.40. The first kappa shape index (κ1) is 19.4. The smallest absolute Gasteiger partial charge is 0.409 e. The van der Waals surface area contributed by atoms with Gasteiger partial charge in [0, 0.05) is 28.2 Å². The lowest BCUT2D eigenvalue weighted by atomic mass is 9.86. The van der Waals surface area contributed by atoms with Gasteiger partial charge in [-0.05, 0) is 41.3 Å². The molecule has 5 nitrogen and oxygen atoms in total. The SMILES string of the molecule is Cc1cc(C(C)(C)C)cc(SC(=O)N(C)C)c1OC(=O)N(C)C. The molecular formula is C17H26N2O3S. The highest BCUT2D eigenvalue weighted by Gasteiger charge is 2.22. The summed E-state index contributed by atoms with van der Waals surface area (Å²) in [5.41, 5.74) is 1.86. The number of amides is 2. The Morgan fingerprint density at radius 2 is 1.61 bits per heavy atom. The van der Waals surface area contributed by atoms with Gasteiger partial charge in [-0.2, -0.15) is 0 Å². The van der Waals surface area contributed by atoms with Crippen LogP contribution in [0.5, 0.6) is 5.75 Å². The van der Waals surface area contributed by atoms with E-state index in [2.05, 4.69) is 20.8 Å². The summed E-state index contributed by atoms with van der Waals surface area (Å²) in [6.07, 6.45) is -0.462. The van der Waals surface area contributed by atoms with Crippen molar-refractivity contribution >= 4 is 23.1 Å². The highest BCUT2D eigenvalue weighted by Crippen LogP contribution is 2.38. The second-order valence-electron chi connectivity index (χ2n) is 6.90. The van der Waals surface area contributed by atoms with Crippen LogP contribution in [0.3, 0.4) is 0 Å². The minimum absolute atomic E-state index is 0.0642. The molecule has 0 radical (unpaired) electrons. The third kappa shape index (κ3) is 5.16. The summed E-state index contributed by atoms with van der Waals surface area (Å²) in [6, 6.07) is 3.93. The molecule has 0 saturated carbocycles. The number of rotatable bonds is 2. The van der Waals surface area contributed by atoms with E-state index < -0.39 is 6.09 Å². The lowest BCUT2D eigenvalue weighted by molar-refractivity contribution is 0.170. The molecule has 1 aromatic rings. The molecule has 0 fully saturated rings. The van der Waals surface area contributed by atoms with Crippen molar-refractivity contribution in [2.75, 3.05) is 28.2 Å². The summed E-state index contributed by atoms with van der Waals surface area (Å²) >= 11 is 1.07. The number of hydrogen-bond donors (Lipinski definition) is 0. The van der Waals surface area contributed by atoms with Crippen LogP contribution in [-0.4, -0.2) is 49.3 Å². The van der Waals surface area contributed by atoms with Crippen molar-refractivity contribution in [2.45, 2.75) is 38.0 Å². The Bertz CT molecular complexity index is 605. The molecule has 6 heteroatoms. The van der Waals surface area contributed by atoms with E-state index in [0.29, 0.717) is 10.6 Å². The number of nitrogens with zero attached hydrogens (tertiary/aromatic N) is 2. The van der Waals surface area contributed by atoms with Crippen LogP contribution in [0, 0.1) is 6.92 Å². The molecular weight excluding hydrogens is 312 g/mol. The second-order valence-corrected chi connectivity index (χ2v) is 7.89. The number of hydrogen-bond acceptors (Lipinski definition) is 4. The van der Waals surface area contributed by atoms with E-state index in [9.17, 15) is 9.59 Å². The summed E-state index contributed by atoms with van der Waals surface area (Å²) in [5, 5.41) is -0.113. The third-order valence-corrected chi connectivity index (χ3v) is 4.29. The van der Waals surface area contributed by atoms with E-state index in [1.54, 1.807) is 28.2 Å². The normalized spacial score (nSPS) is 11.1. The topological polar surface area (TPSA) is 49.9 Å². The zero-order chi connectivity index (χ0) is 17.9. The fourth-order valence-electron chi connectivity index (χ4n) is 1.75. The van der Waals surface area contributed by atoms with Gasteiger partial charge in [-0.1, -0.05) is 26.8 Å². The summed E-state index contributed by atoms with van der Waals surface area (Å²) in [7, 11) is 6.64. The molecule has 0 aliphatic heterocycles. The number of thioether (sulfide) groups is 1. The zero-order valence-corrected chi connectivity index (χ0v) is 16.0. The van der Waals surface area contributed by atoms with Gasteiger partial charge in [0.15, 0.2) is 0 Å². The van der Waals surface area contributed by atoms with Gasteiger partial charge in [-0.3, -0.25) is 4.79 Å². The van der Waals surface area contributed by atoms with Crippen molar-refractivity contribution in [3.63, 3.8) is 0 Å². The van der Waals surface area contributed by atoms with Crippen LogP contribution in [0.2, 0.25) is 0 Å². The van der Waals surface area contributed by atoms with Gasteiger partial charge in [0.2, 0.25) is 0 Å². The van der Waals surface area contributed by atoms with Gasteiger partial charge in [-0.25, -0.2) is 4.79 Å². The molecule has 1 aromatic carbocycles. The van der Waals surface area contributed by atoms with E-state index in [1.165, 1.54) is 9.80 Å². The lowest BCUT2D eigenvalue weighted by Gasteiger charge is -2.23. The summed E-state index contributed by atoms with van der Waals surface area (Å²) < 4.78 is 5.48. The first-order valence-electron chi connectivity index (χ1n) is 7.37. The molecule has 1 rings (SSSR count). The molecule has 128 valence electrons. The zero-order valence-electron chi connectivity index (χ0n) is 15.2. The Kier molecular flexibility index (Phi) is 6.11. The van der Waals surface area contributed by atoms with Crippen molar-refractivity contribution < 1.29 is 14.3 Å². The van der Waals surface area contributed by atoms with Crippen LogP contribution in [0.4, 0.5) is 9.59 Å². The van der Waals surface area contributed by atoms with Crippen LogP contribution in [0.25, 0.3) is 0 Å². The maximum atomic E-state index is 12.1. The Balaban J connectivity index is 3.36. The van der Waals surface area contributed by atoms with Gasteiger partial charge in [-0.15, -0.1) is 0 Å². The molecule has 0 unspecified atom stereocenters. The quantitative estimate of drug-likeness (QED) is 0.761. The fraction of sp³-hybridized carbons (Fsp3) is 0.529. The first-order chi connectivity index (χ1) is 10.4. The highest BCUT2D eigenvalue weighted by molar-refractivity contribution is 8.13. The summed E-state index contributed by atoms with van der Waals surface area (Å²) in [5.74, 6) is 0.442. The Morgan fingerprint density at radius 3 is 2.04 bits per heavy atom. The largest absolute Gasteiger partial charge is 0.414 e. The van der Waals surface area contributed by atoms with Gasteiger partial charge < -0.3 is 14.5 Å². The molecule has 0 heterocycles. The van der Waals surface area contributed by atoms with Crippen LogP contribution >= 0.6 is 11.8 Å². The number of ether oxygens (including phenoxy) is 1. The predicted molar refractivity (Wildman–Crippen MR) is 94.5 cm³/mol. The molecule has 0 saturated heterocycles. The third-order valence-electron chi connectivity index (χ3n) is 3.22. The number of aryl methyl sites for hydroxylation is 1. The molecule has 0 atom stereocenters. The molecule has 0 bridgehead atoms. The molecule has 23 heavy (non-hydrogen) atoms. The van der Waals surface area contributed by atoms with Crippen LogP contribution in [0.15, 0.2) is 17.0 Å². The molecule has 0 aromatic heterocycles. The molecule has 0 aliphatic rings. The molecule has 0 N–H and O–H groups in total. The van der Waals surface area contributed by atoms with E-state index in [1.807, 2.05) is 19.1 Å². The molecule has 0 aliphatic carbocycles. The van der Waals surface area contributed by atoms with Gasteiger partial charge in [0.1, 0.15) is 5.75 Å². The maximum absolute atomic E-state index is 12.1. The van der Waals surface area contributed by atoms with Gasteiger partial charge >= 0.3 is 6.09 Å². The number of benzene rings is 1. The Labute approximate surface area is 143 Å². The summed E-state index contributed by atoms with van der Waals surface area (Å²) in [4.78, 5) is 27.5. The lowest BCUT2D eigenvalue weighted by Crippen LogP contribution is -2.26. The van der Waals surface area contributed by atoms with Crippen LogP contribution in [0.1, 0.15) is 31.9 Å². The standard InChI is InChI=1S/C17H26N2O3S/c1-11-9-12(17(2,3)4)10-13(23-16(21)19(7)8)14(11)22-15(20)18(5)6/h9-10H,1-8H3. The molecule has 0 spiro atoms. The summed E-state index contributed by atoms with van der Waals surface area (Å²) in [6.45, 7) is 8.21. The second kappa shape index (κ2) is 7.25. The predicted octanol–water partition coefficient (Wildman–Crippen LogP) is 4.13. The van der Waals surface area contributed by atoms with E-state index >= 15 is 0 Å². The van der Waals surface area contributed by atoms with Crippen molar-refractivity contribution in [1.82, 2.24) is 9.80 Å². The Morgan fingerprint density at radius 1 is 1.04 bits per heavy atom. The van der Waals surface area contributed by atoms with Crippen LogP contribution < -0.4 is 4.74 Å². The van der Waals surface area contributed by atoms with Crippen molar-refractivity contribution in [2.24, 2.45) is 0 Å².